The van der Waals surface area contributed by atoms with Crippen LogP contribution in [-0.4, -0.2) is 0 Å². The van der Waals surface area contributed by atoms with E-state index in [1.54, 1.807) is 0 Å². The molecule has 0 fully saturated rings. The van der Waals surface area contributed by atoms with Gasteiger partial charge in [-0.3, -0.25) is 0 Å². The lowest BCUT2D eigenvalue weighted by Crippen LogP contribution is -2.10. The van der Waals surface area contributed by atoms with E-state index < -0.39 is 0 Å². The number of fused-ring (bicyclic) bond motifs is 4. The molecule has 0 bridgehead atoms. The second-order valence-corrected chi connectivity index (χ2v) is 11.4. The van der Waals surface area contributed by atoms with Crippen LogP contribution in [0.4, 0.5) is 17.1 Å². The van der Waals surface area contributed by atoms with Gasteiger partial charge in [0.1, 0.15) is 12.1 Å². The molecular formula is C42H29N3. The molecule has 0 amide bonds. The Morgan fingerprint density at radius 1 is 0.489 bits per heavy atom. The summed E-state index contributed by atoms with van der Waals surface area (Å²) in [5.41, 5.74) is 8.48. The lowest BCUT2D eigenvalue weighted by molar-refractivity contribution is 1.29. The second-order valence-electron chi connectivity index (χ2n) is 11.4. The molecule has 0 N–H and O–H groups in total. The molecule has 3 heteroatoms. The van der Waals surface area contributed by atoms with E-state index in [4.69, 9.17) is 0 Å². The van der Waals surface area contributed by atoms with E-state index in [9.17, 15) is 10.5 Å². The standard InChI is InChI=1S/C42H29N3/c1-28-10-18-33(19-11-28)45(42-9-5-7-32-6-3-4-8-35(32)42)34-20-15-30(16-21-34)13-14-31-17-23-37-36-22-12-29(2)24-38(36)40(26-43)41(27-44)39(37)25-31/h3-25H,1-2H3. The van der Waals surface area contributed by atoms with E-state index in [0.717, 1.165) is 55.3 Å². The summed E-state index contributed by atoms with van der Waals surface area (Å²) in [6.45, 7) is 4.11. The Hall–Kier alpha value is -6.16. The van der Waals surface area contributed by atoms with Crippen molar-refractivity contribution in [1.29, 1.82) is 10.5 Å². The zero-order valence-corrected chi connectivity index (χ0v) is 25.1. The van der Waals surface area contributed by atoms with Crippen LogP contribution in [0.2, 0.25) is 0 Å². The number of anilines is 3. The fourth-order valence-corrected chi connectivity index (χ4v) is 6.16. The Morgan fingerprint density at radius 3 is 1.76 bits per heavy atom. The van der Waals surface area contributed by atoms with Crippen LogP contribution >= 0.6 is 0 Å². The third-order valence-electron chi connectivity index (χ3n) is 8.44. The van der Waals surface area contributed by atoms with Crippen LogP contribution in [0.25, 0.3) is 44.5 Å². The molecule has 0 heterocycles. The van der Waals surface area contributed by atoms with Gasteiger partial charge in [-0.25, -0.2) is 0 Å². The molecule has 0 saturated carbocycles. The lowest BCUT2D eigenvalue weighted by atomic mass is 9.91. The Balaban J connectivity index is 1.26. The highest BCUT2D eigenvalue weighted by atomic mass is 15.1. The average molecular weight is 576 g/mol. The predicted molar refractivity (Wildman–Crippen MR) is 188 cm³/mol. The average Bonchev–Trinajstić information content (AvgIpc) is 3.08. The van der Waals surface area contributed by atoms with Gasteiger partial charge >= 0.3 is 0 Å². The Morgan fingerprint density at radius 2 is 1.04 bits per heavy atom. The van der Waals surface area contributed by atoms with Gasteiger partial charge in [0, 0.05) is 27.5 Å². The number of nitriles is 2. The van der Waals surface area contributed by atoms with Crippen LogP contribution < -0.4 is 4.90 Å². The van der Waals surface area contributed by atoms with Gasteiger partial charge in [0.15, 0.2) is 0 Å². The van der Waals surface area contributed by atoms with Crippen molar-refractivity contribution >= 4 is 61.5 Å². The van der Waals surface area contributed by atoms with E-state index in [1.165, 1.54) is 16.3 Å². The maximum atomic E-state index is 10.1. The summed E-state index contributed by atoms with van der Waals surface area (Å²) in [5.74, 6) is 0. The molecule has 212 valence electrons. The fourth-order valence-electron chi connectivity index (χ4n) is 6.16. The minimum atomic E-state index is 0.426. The van der Waals surface area contributed by atoms with Gasteiger partial charge in [-0.2, -0.15) is 10.5 Å². The fraction of sp³-hybridized carbons (Fsp3) is 0.0476. The maximum absolute atomic E-state index is 10.1. The van der Waals surface area contributed by atoms with E-state index in [2.05, 4.69) is 139 Å². The van der Waals surface area contributed by atoms with Crippen LogP contribution in [-0.2, 0) is 0 Å². The molecule has 0 radical (unpaired) electrons. The van der Waals surface area contributed by atoms with Gasteiger partial charge in [-0.1, -0.05) is 114 Å². The number of rotatable bonds is 5. The molecule has 0 spiro atoms. The molecule has 0 saturated heterocycles. The first-order chi connectivity index (χ1) is 22.0. The first kappa shape index (κ1) is 27.7. The van der Waals surface area contributed by atoms with Crippen molar-refractivity contribution in [3.63, 3.8) is 0 Å². The topological polar surface area (TPSA) is 50.8 Å². The third kappa shape index (κ3) is 5.08. The Kier molecular flexibility index (Phi) is 7.07. The minimum Gasteiger partial charge on any atom is -0.310 e. The zero-order valence-electron chi connectivity index (χ0n) is 25.1. The molecule has 0 aliphatic carbocycles. The lowest BCUT2D eigenvalue weighted by Gasteiger charge is -2.27. The second kappa shape index (κ2) is 11.5. The number of benzene rings is 7. The summed E-state index contributed by atoms with van der Waals surface area (Å²) in [6.07, 6.45) is 4.14. The van der Waals surface area contributed by atoms with Crippen LogP contribution in [0.5, 0.6) is 0 Å². The van der Waals surface area contributed by atoms with E-state index >= 15 is 0 Å². The molecule has 0 aliphatic heterocycles. The molecule has 0 aliphatic rings. The first-order valence-electron chi connectivity index (χ1n) is 15.0. The van der Waals surface area contributed by atoms with E-state index in [0.29, 0.717) is 11.1 Å². The summed E-state index contributed by atoms with van der Waals surface area (Å²) in [7, 11) is 0. The van der Waals surface area contributed by atoms with Gasteiger partial charge < -0.3 is 4.90 Å². The Bertz CT molecular complexity index is 2340. The van der Waals surface area contributed by atoms with Gasteiger partial charge in [-0.05, 0) is 77.5 Å². The van der Waals surface area contributed by atoms with Crippen molar-refractivity contribution in [2.24, 2.45) is 0 Å². The van der Waals surface area contributed by atoms with Crippen molar-refractivity contribution in [2.75, 3.05) is 4.90 Å². The summed E-state index contributed by atoms with van der Waals surface area (Å²) in [5, 5.41) is 26.0. The summed E-state index contributed by atoms with van der Waals surface area (Å²) >= 11 is 0. The molecule has 3 nitrogen and oxygen atoms in total. The van der Waals surface area contributed by atoms with Gasteiger partial charge in [0.2, 0.25) is 0 Å². The van der Waals surface area contributed by atoms with Gasteiger partial charge in [0.25, 0.3) is 0 Å². The molecular weight excluding hydrogens is 546 g/mol. The maximum Gasteiger partial charge on any atom is 0.101 e. The molecule has 0 unspecified atom stereocenters. The van der Waals surface area contributed by atoms with Crippen LogP contribution in [0.1, 0.15) is 33.4 Å². The number of nitrogens with zero attached hydrogens (tertiary/aromatic N) is 3. The third-order valence-corrected chi connectivity index (χ3v) is 8.44. The minimum absolute atomic E-state index is 0.426. The van der Waals surface area contributed by atoms with Crippen molar-refractivity contribution < 1.29 is 0 Å². The molecule has 45 heavy (non-hydrogen) atoms. The number of hydrogen-bond acceptors (Lipinski definition) is 3. The smallest absolute Gasteiger partial charge is 0.101 e. The van der Waals surface area contributed by atoms with Crippen LogP contribution in [0, 0.1) is 36.5 Å². The molecule has 0 atom stereocenters. The SMILES string of the molecule is Cc1ccc(N(c2ccc(C=Cc3ccc4c(c3)c(C#N)c(C#N)c3cc(C)ccc34)cc2)c2cccc3ccccc23)cc1. The molecule has 0 aromatic heterocycles. The number of hydrogen-bond donors (Lipinski definition) is 0. The van der Waals surface area contributed by atoms with E-state index in [1.807, 2.05) is 31.2 Å². The largest absolute Gasteiger partial charge is 0.310 e. The van der Waals surface area contributed by atoms with Gasteiger partial charge in [-0.15, -0.1) is 0 Å². The number of aryl methyl sites for hydroxylation is 2. The monoisotopic (exact) mass is 575 g/mol. The summed E-state index contributed by atoms with van der Waals surface area (Å²) in [6, 6.07) is 48.9. The van der Waals surface area contributed by atoms with Crippen molar-refractivity contribution in [2.45, 2.75) is 13.8 Å². The zero-order chi connectivity index (χ0) is 30.9. The highest BCUT2D eigenvalue weighted by Crippen LogP contribution is 2.39. The Labute approximate surface area is 263 Å². The first-order valence-corrected chi connectivity index (χ1v) is 15.0. The quantitative estimate of drug-likeness (QED) is 0.151. The summed E-state index contributed by atoms with van der Waals surface area (Å²) < 4.78 is 0. The normalized spacial score (nSPS) is 11.2. The molecule has 7 rings (SSSR count). The van der Waals surface area contributed by atoms with Gasteiger partial charge in [0.05, 0.1) is 16.8 Å². The van der Waals surface area contributed by atoms with Crippen molar-refractivity contribution in [3.05, 3.63) is 161 Å². The van der Waals surface area contributed by atoms with Crippen molar-refractivity contribution in [3.8, 4) is 12.1 Å². The summed E-state index contributed by atoms with van der Waals surface area (Å²) in [4.78, 5) is 2.31. The van der Waals surface area contributed by atoms with Crippen LogP contribution in [0.3, 0.4) is 0 Å². The predicted octanol–water partition coefficient (Wildman–Crippen LogP) is 11.1. The molecule has 7 aromatic carbocycles. The van der Waals surface area contributed by atoms with E-state index in [-0.39, 0.29) is 0 Å². The van der Waals surface area contributed by atoms with Crippen LogP contribution in [0.15, 0.2) is 127 Å². The van der Waals surface area contributed by atoms with Crippen molar-refractivity contribution in [1.82, 2.24) is 0 Å². The molecule has 7 aromatic rings. The highest BCUT2D eigenvalue weighted by Gasteiger charge is 2.16. The highest BCUT2D eigenvalue weighted by molar-refractivity contribution is 6.13.